The molecule has 0 bridgehead atoms. The number of fused-ring (bicyclic) bond motifs is 1. The summed E-state index contributed by atoms with van der Waals surface area (Å²) in [4.78, 5) is 12.0. The van der Waals surface area contributed by atoms with Crippen LogP contribution in [0.15, 0.2) is 59.2 Å². The number of carbonyl (C=O) groups is 1. The lowest BCUT2D eigenvalue weighted by molar-refractivity contribution is -0.115. The molecule has 4 heteroatoms. The van der Waals surface area contributed by atoms with Gasteiger partial charge in [-0.25, -0.2) is 4.39 Å². The molecule has 20 heavy (non-hydrogen) atoms. The van der Waals surface area contributed by atoms with Gasteiger partial charge in [0.15, 0.2) is 0 Å². The average molecular weight is 269 g/mol. The van der Waals surface area contributed by atoms with E-state index in [-0.39, 0.29) is 18.1 Å². The highest BCUT2D eigenvalue weighted by Gasteiger charge is 2.11. The number of furan rings is 1. The summed E-state index contributed by atoms with van der Waals surface area (Å²) in [5.41, 5.74) is 1.98. The number of rotatable bonds is 3. The Hall–Kier alpha value is -2.62. The second-order valence-electron chi connectivity index (χ2n) is 4.49. The molecule has 1 amide bonds. The van der Waals surface area contributed by atoms with Crippen molar-refractivity contribution in [1.29, 1.82) is 0 Å². The molecule has 0 saturated carbocycles. The van der Waals surface area contributed by atoms with Crippen molar-refractivity contribution in [2.75, 3.05) is 5.32 Å². The van der Waals surface area contributed by atoms with Gasteiger partial charge < -0.3 is 9.73 Å². The van der Waals surface area contributed by atoms with Crippen molar-refractivity contribution in [3.8, 4) is 0 Å². The summed E-state index contributed by atoms with van der Waals surface area (Å²) < 4.78 is 18.5. The van der Waals surface area contributed by atoms with E-state index in [4.69, 9.17) is 4.42 Å². The van der Waals surface area contributed by atoms with E-state index >= 15 is 0 Å². The van der Waals surface area contributed by atoms with Gasteiger partial charge in [0.2, 0.25) is 5.91 Å². The van der Waals surface area contributed by atoms with Gasteiger partial charge in [-0.1, -0.05) is 18.2 Å². The highest BCUT2D eigenvalue weighted by molar-refractivity contribution is 5.95. The third kappa shape index (κ3) is 2.54. The Morgan fingerprint density at radius 2 is 1.95 bits per heavy atom. The number of nitrogens with one attached hydrogen (secondary N) is 1. The molecule has 0 aliphatic carbocycles. The Morgan fingerprint density at radius 3 is 2.75 bits per heavy atom. The molecule has 0 unspecified atom stereocenters. The lowest BCUT2D eigenvalue weighted by Crippen LogP contribution is -2.13. The first-order valence-electron chi connectivity index (χ1n) is 6.23. The van der Waals surface area contributed by atoms with Crippen molar-refractivity contribution >= 4 is 22.6 Å². The first-order valence-corrected chi connectivity index (χ1v) is 6.23. The monoisotopic (exact) mass is 269 g/mol. The molecule has 0 aliphatic rings. The van der Waals surface area contributed by atoms with Crippen LogP contribution in [-0.2, 0) is 11.2 Å². The fourth-order valence-electron chi connectivity index (χ4n) is 2.09. The molecule has 1 N–H and O–H groups in total. The number of halogens is 1. The van der Waals surface area contributed by atoms with Crippen LogP contribution in [0.5, 0.6) is 0 Å². The first kappa shape index (κ1) is 12.4. The van der Waals surface area contributed by atoms with Crippen molar-refractivity contribution in [2.24, 2.45) is 0 Å². The maximum atomic E-state index is 13.2. The first-order chi connectivity index (χ1) is 9.72. The Morgan fingerprint density at radius 1 is 1.15 bits per heavy atom. The molecule has 100 valence electrons. The second kappa shape index (κ2) is 5.17. The minimum Gasteiger partial charge on any atom is -0.464 e. The molecule has 0 atom stereocenters. The third-order valence-electron chi connectivity index (χ3n) is 3.02. The molecule has 0 aliphatic heterocycles. The van der Waals surface area contributed by atoms with Crippen molar-refractivity contribution < 1.29 is 13.6 Å². The molecular formula is C16H12FNO2. The molecule has 1 aromatic heterocycles. The largest absolute Gasteiger partial charge is 0.464 e. The summed E-state index contributed by atoms with van der Waals surface area (Å²) in [6.07, 6.45) is 1.64. The van der Waals surface area contributed by atoms with Crippen LogP contribution < -0.4 is 5.32 Å². The zero-order valence-electron chi connectivity index (χ0n) is 10.6. The molecule has 1 heterocycles. The fraction of sp³-hybridized carbons (Fsp3) is 0.0625. The summed E-state index contributed by atoms with van der Waals surface area (Å²) in [5, 5.41) is 3.42. The van der Waals surface area contributed by atoms with Gasteiger partial charge in [0.05, 0.1) is 12.7 Å². The molecular weight excluding hydrogens is 257 g/mol. The van der Waals surface area contributed by atoms with Gasteiger partial charge in [0.25, 0.3) is 0 Å². The second-order valence-corrected chi connectivity index (χ2v) is 4.49. The molecule has 3 aromatic rings. The number of amides is 1. The zero-order chi connectivity index (χ0) is 13.9. The molecule has 2 aromatic carbocycles. The van der Waals surface area contributed by atoms with Crippen LogP contribution in [0.1, 0.15) is 5.56 Å². The van der Waals surface area contributed by atoms with Crippen molar-refractivity contribution in [3.63, 3.8) is 0 Å². The van der Waals surface area contributed by atoms with E-state index in [9.17, 15) is 9.18 Å². The average Bonchev–Trinajstić information content (AvgIpc) is 2.82. The van der Waals surface area contributed by atoms with Crippen molar-refractivity contribution in [3.05, 3.63) is 66.2 Å². The number of hydrogen-bond donors (Lipinski definition) is 1. The van der Waals surface area contributed by atoms with Crippen molar-refractivity contribution in [2.45, 2.75) is 6.42 Å². The van der Waals surface area contributed by atoms with Crippen molar-refractivity contribution in [1.82, 2.24) is 0 Å². The summed E-state index contributed by atoms with van der Waals surface area (Å²) in [5.74, 6) is -0.508. The van der Waals surface area contributed by atoms with Gasteiger partial charge in [0.1, 0.15) is 11.4 Å². The quantitative estimate of drug-likeness (QED) is 0.786. The minimum atomic E-state index is -0.344. The number of carbonyl (C=O) groups excluding carboxylic acids is 1. The van der Waals surface area contributed by atoms with Gasteiger partial charge in [-0.2, -0.15) is 0 Å². The van der Waals surface area contributed by atoms with Crippen LogP contribution in [0.2, 0.25) is 0 Å². The lowest BCUT2D eigenvalue weighted by Gasteiger charge is -2.03. The number of hydrogen-bond acceptors (Lipinski definition) is 2. The van der Waals surface area contributed by atoms with E-state index in [0.717, 1.165) is 5.69 Å². The predicted octanol–water partition coefficient (Wildman–Crippen LogP) is 3.75. The summed E-state index contributed by atoms with van der Waals surface area (Å²) in [6.45, 7) is 0. The Bertz CT molecular complexity index is 750. The van der Waals surface area contributed by atoms with Crippen LogP contribution in [0, 0.1) is 5.82 Å². The third-order valence-corrected chi connectivity index (χ3v) is 3.02. The van der Waals surface area contributed by atoms with Crippen LogP contribution in [-0.4, -0.2) is 5.91 Å². The Balaban J connectivity index is 1.79. The van der Waals surface area contributed by atoms with Gasteiger partial charge in [0, 0.05) is 16.6 Å². The Labute approximate surface area is 115 Å². The normalized spacial score (nSPS) is 10.7. The van der Waals surface area contributed by atoms with Crippen LogP contribution in [0.4, 0.5) is 10.1 Å². The van der Waals surface area contributed by atoms with E-state index in [1.807, 2.05) is 30.3 Å². The smallest absolute Gasteiger partial charge is 0.228 e. The SMILES string of the molecule is O=C(Cc1coc2ccc(F)cc12)Nc1ccccc1. The van der Waals surface area contributed by atoms with E-state index in [1.54, 1.807) is 6.07 Å². The van der Waals surface area contributed by atoms with E-state index in [2.05, 4.69) is 5.32 Å². The highest BCUT2D eigenvalue weighted by atomic mass is 19.1. The molecule has 0 spiro atoms. The number of para-hydroxylation sites is 1. The van der Waals surface area contributed by atoms with Gasteiger partial charge in [-0.05, 0) is 30.3 Å². The summed E-state index contributed by atoms with van der Waals surface area (Å²) >= 11 is 0. The summed E-state index contributed by atoms with van der Waals surface area (Å²) in [7, 11) is 0. The maximum Gasteiger partial charge on any atom is 0.228 e. The van der Waals surface area contributed by atoms with Gasteiger partial charge in [-0.15, -0.1) is 0 Å². The van der Waals surface area contributed by atoms with E-state index < -0.39 is 0 Å². The summed E-state index contributed by atoms with van der Waals surface area (Å²) in [6, 6.07) is 13.5. The molecule has 0 radical (unpaired) electrons. The lowest BCUT2D eigenvalue weighted by atomic mass is 10.1. The van der Waals surface area contributed by atoms with Crippen LogP contribution >= 0.6 is 0 Å². The molecule has 3 nitrogen and oxygen atoms in total. The van der Waals surface area contributed by atoms with Gasteiger partial charge in [-0.3, -0.25) is 4.79 Å². The molecule has 0 saturated heterocycles. The molecule has 3 rings (SSSR count). The fourth-order valence-corrected chi connectivity index (χ4v) is 2.09. The van der Waals surface area contributed by atoms with E-state index in [1.165, 1.54) is 18.4 Å². The van der Waals surface area contributed by atoms with E-state index in [0.29, 0.717) is 16.5 Å². The number of benzene rings is 2. The van der Waals surface area contributed by atoms with Gasteiger partial charge >= 0.3 is 0 Å². The zero-order valence-corrected chi connectivity index (χ0v) is 10.6. The van der Waals surface area contributed by atoms with Crippen LogP contribution in [0.25, 0.3) is 11.0 Å². The predicted molar refractivity (Wildman–Crippen MR) is 74.9 cm³/mol. The standard InChI is InChI=1S/C16H12FNO2/c17-12-6-7-15-14(9-12)11(10-20-15)8-16(19)18-13-4-2-1-3-5-13/h1-7,9-10H,8H2,(H,18,19). The maximum absolute atomic E-state index is 13.2. The minimum absolute atomic E-state index is 0.144. The number of anilines is 1. The Kier molecular flexibility index (Phi) is 3.21. The highest BCUT2D eigenvalue weighted by Crippen LogP contribution is 2.22. The molecule has 0 fully saturated rings. The van der Waals surface area contributed by atoms with Crippen LogP contribution in [0.3, 0.4) is 0 Å². The topological polar surface area (TPSA) is 42.2 Å².